The lowest BCUT2D eigenvalue weighted by Crippen LogP contribution is -2.15. The monoisotopic (exact) mass is 411 g/mol. The lowest BCUT2D eigenvalue weighted by atomic mass is 10.3. The van der Waals surface area contributed by atoms with Crippen molar-refractivity contribution in [3.05, 3.63) is 71.1 Å². The van der Waals surface area contributed by atoms with Crippen LogP contribution in [0.15, 0.2) is 69.9 Å². The SMILES string of the molecule is O=C(CSc1nn2c(=O)cnnc2s1)Nc1ccc(Oc2ccccc2)cc1. The molecule has 1 N–H and O–H groups in total. The Bertz CT molecular complexity index is 1160. The fraction of sp³-hybridized carbons (Fsp3) is 0.0556. The number of rotatable bonds is 6. The molecule has 2 heterocycles. The third-order valence-corrected chi connectivity index (χ3v) is 5.54. The van der Waals surface area contributed by atoms with E-state index in [-0.39, 0.29) is 17.2 Å². The molecule has 28 heavy (non-hydrogen) atoms. The molecule has 0 bridgehead atoms. The first-order valence-corrected chi connectivity index (χ1v) is 9.95. The molecule has 10 heteroatoms. The number of anilines is 1. The third kappa shape index (κ3) is 4.35. The number of carbonyl (C=O) groups is 1. The Morgan fingerprint density at radius 2 is 1.86 bits per heavy atom. The number of para-hydroxylation sites is 1. The number of thioether (sulfide) groups is 1. The van der Waals surface area contributed by atoms with E-state index in [1.807, 2.05) is 30.3 Å². The summed E-state index contributed by atoms with van der Waals surface area (Å²) in [6.07, 6.45) is 1.10. The minimum absolute atomic E-state index is 0.157. The van der Waals surface area contributed by atoms with Gasteiger partial charge in [-0.05, 0) is 36.4 Å². The van der Waals surface area contributed by atoms with E-state index in [9.17, 15) is 9.59 Å². The van der Waals surface area contributed by atoms with E-state index in [0.29, 0.717) is 20.7 Å². The average molecular weight is 411 g/mol. The molecule has 0 spiro atoms. The van der Waals surface area contributed by atoms with Crippen molar-refractivity contribution in [2.24, 2.45) is 0 Å². The predicted octanol–water partition coefficient (Wildman–Crippen LogP) is 3.07. The number of hydrogen-bond donors (Lipinski definition) is 1. The van der Waals surface area contributed by atoms with Gasteiger partial charge in [-0.15, -0.1) is 10.2 Å². The Labute approximate surface area is 167 Å². The van der Waals surface area contributed by atoms with Gasteiger partial charge in [0, 0.05) is 5.69 Å². The maximum Gasteiger partial charge on any atom is 0.293 e. The summed E-state index contributed by atoms with van der Waals surface area (Å²) in [4.78, 5) is 24.2. The lowest BCUT2D eigenvalue weighted by molar-refractivity contribution is -0.113. The highest BCUT2D eigenvalue weighted by Crippen LogP contribution is 2.24. The molecule has 0 fully saturated rings. The van der Waals surface area contributed by atoms with Gasteiger partial charge in [0.2, 0.25) is 10.9 Å². The number of aromatic nitrogens is 4. The number of ether oxygens (including phenoxy) is 1. The van der Waals surface area contributed by atoms with Crippen LogP contribution in [0.25, 0.3) is 4.96 Å². The summed E-state index contributed by atoms with van der Waals surface area (Å²) < 4.78 is 7.46. The maximum absolute atomic E-state index is 12.2. The molecule has 4 aromatic rings. The van der Waals surface area contributed by atoms with Crippen LogP contribution in [0.1, 0.15) is 0 Å². The molecule has 0 atom stereocenters. The number of benzene rings is 2. The third-order valence-electron chi connectivity index (χ3n) is 3.51. The van der Waals surface area contributed by atoms with Crippen LogP contribution < -0.4 is 15.6 Å². The van der Waals surface area contributed by atoms with Crippen LogP contribution in [-0.4, -0.2) is 31.5 Å². The molecule has 0 aliphatic heterocycles. The van der Waals surface area contributed by atoms with Crippen LogP contribution in [0.3, 0.4) is 0 Å². The van der Waals surface area contributed by atoms with Crippen LogP contribution >= 0.6 is 23.1 Å². The summed E-state index contributed by atoms with van der Waals surface area (Å²) in [6, 6.07) is 16.6. The predicted molar refractivity (Wildman–Crippen MR) is 107 cm³/mol. The van der Waals surface area contributed by atoms with Gasteiger partial charge in [-0.1, -0.05) is 41.3 Å². The topological polar surface area (TPSA) is 98.5 Å². The van der Waals surface area contributed by atoms with Gasteiger partial charge in [0.1, 0.15) is 17.7 Å². The van der Waals surface area contributed by atoms with Crippen LogP contribution in [0.5, 0.6) is 11.5 Å². The van der Waals surface area contributed by atoms with Crippen LogP contribution in [0.2, 0.25) is 0 Å². The van der Waals surface area contributed by atoms with Gasteiger partial charge in [0.05, 0.1) is 5.75 Å². The molecule has 8 nitrogen and oxygen atoms in total. The number of amides is 1. The molecule has 0 saturated heterocycles. The van der Waals surface area contributed by atoms with E-state index in [2.05, 4.69) is 20.6 Å². The molecule has 140 valence electrons. The molecule has 0 unspecified atom stereocenters. The summed E-state index contributed by atoms with van der Waals surface area (Å²) in [7, 11) is 0. The Morgan fingerprint density at radius 1 is 1.11 bits per heavy atom. The molecular weight excluding hydrogens is 398 g/mol. The summed E-state index contributed by atoms with van der Waals surface area (Å²) in [5, 5.41) is 14.4. The van der Waals surface area contributed by atoms with Gasteiger partial charge in [0.15, 0.2) is 4.34 Å². The van der Waals surface area contributed by atoms with Gasteiger partial charge in [-0.25, -0.2) is 0 Å². The second kappa shape index (κ2) is 8.19. The standard InChI is InChI=1S/C18H13N5O3S2/c24-15(11-27-18-22-23-16(25)10-19-21-17(23)28-18)20-12-6-8-14(9-7-12)26-13-4-2-1-3-5-13/h1-10H,11H2,(H,20,24). The number of carbonyl (C=O) groups excluding carboxylic acids is 1. The molecule has 0 radical (unpaired) electrons. The quantitative estimate of drug-likeness (QED) is 0.487. The normalized spacial score (nSPS) is 10.7. The highest BCUT2D eigenvalue weighted by Gasteiger charge is 2.10. The zero-order valence-corrected chi connectivity index (χ0v) is 15.9. The summed E-state index contributed by atoms with van der Waals surface area (Å²) in [6.45, 7) is 0. The van der Waals surface area contributed by atoms with Crippen molar-refractivity contribution in [1.29, 1.82) is 0 Å². The minimum atomic E-state index is -0.352. The molecule has 1 amide bonds. The van der Waals surface area contributed by atoms with Crippen molar-refractivity contribution in [2.75, 3.05) is 11.1 Å². The Hall–Kier alpha value is -3.24. The molecule has 0 saturated carbocycles. The first-order chi connectivity index (χ1) is 13.7. The fourth-order valence-electron chi connectivity index (χ4n) is 2.27. The molecule has 4 rings (SSSR count). The van der Waals surface area contributed by atoms with Gasteiger partial charge >= 0.3 is 0 Å². The van der Waals surface area contributed by atoms with Crippen LogP contribution in [-0.2, 0) is 4.79 Å². The van der Waals surface area contributed by atoms with E-state index in [4.69, 9.17) is 4.74 Å². The molecular formula is C18H13N5O3S2. The lowest BCUT2D eigenvalue weighted by Gasteiger charge is -2.07. The second-order valence-electron chi connectivity index (χ2n) is 5.52. The van der Waals surface area contributed by atoms with Gasteiger partial charge in [-0.2, -0.15) is 9.61 Å². The van der Waals surface area contributed by atoms with Crippen molar-refractivity contribution >= 4 is 39.7 Å². The van der Waals surface area contributed by atoms with E-state index < -0.39 is 0 Å². The van der Waals surface area contributed by atoms with Gasteiger partial charge in [0.25, 0.3) is 5.56 Å². The zero-order chi connectivity index (χ0) is 19.3. The van der Waals surface area contributed by atoms with Gasteiger partial charge in [-0.3, -0.25) is 9.59 Å². The van der Waals surface area contributed by atoms with Crippen molar-refractivity contribution in [3.63, 3.8) is 0 Å². The second-order valence-corrected chi connectivity index (χ2v) is 7.70. The van der Waals surface area contributed by atoms with Crippen molar-refractivity contribution < 1.29 is 9.53 Å². The largest absolute Gasteiger partial charge is 0.457 e. The molecule has 2 aromatic carbocycles. The van der Waals surface area contributed by atoms with E-state index in [1.165, 1.54) is 27.6 Å². The van der Waals surface area contributed by atoms with E-state index in [0.717, 1.165) is 11.9 Å². The smallest absolute Gasteiger partial charge is 0.293 e. The number of nitrogens with zero attached hydrogens (tertiary/aromatic N) is 4. The van der Waals surface area contributed by atoms with Crippen LogP contribution in [0.4, 0.5) is 5.69 Å². The number of nitrogens with one attached hydrogen (secondary N) is 1. The molecule has 0 aliphatic rings. The van der Waals surface area contributed by atoms with Gasteiger partial charge < -0.3 is 10.1 Å². The van der Waals surface area contributed by atoms with Crippen molar-refractivity contribution in [1.82, 2.24) is 19.8 Å². The highest BCUT2D eigenvalue weighted by molar-refractivity contribution is 8.01. The summed E-state index contributed by atoms with van der Waals surface area (Å²) in [5.41, 5.74) is 0.313. The van der Waals surface area contributed by atoms with E-state index in [1.54, 1.807) is 24.3 Å². The Balaban J connectivity index is 1.33. The first kappa shape index (κ1) is 18.1. The zero-order valence-electron chi connectivity index (χ0n) is 14.3. The fourth-order valence-corrected chi connectivity index (χ4v) is 3.95. The Kier molecular flexibility index (Phi) is 5.31. The van der Waals surface area contributed by atoms with Crippen LogP contribution in [0, 0.1) is 0 Å². The van der Waals surface area contributed by atoms with Crippen molar-refractivity contribution in [3.8, 4) is 11.5 Å². The highest BCUT2D eigenvalue weighted by atomic mass is 32.2. The first-order valence-electron chi connectivity index (χ1n) is 8.14. The molecule has 2 aromatic heterocycles. The Morgan fingerprint density at radius 3 is 2.61 bits per heavy atom. The molecule has 0 aliphatic carbocycles. The number of fused-ring (bicyclic) bond motifs is 1. The minimum Gasteiger partial charge on any atom is -0.457 e. The summed E-state index contributed by atoms with van der Waals surface area (Å²) in [5.74, 6) is 1.40. The maximum atomic E-state index is 12.2. The van der Waals surface area contributed by atoms with E-state index >= 15 is 0 Å². The van der Waals surface area contributed by atoms with Crippen molar-refractivity contribution in [2.45, 2.75) is 4.34 Å². The summed E-state index contributed by atoms with van der Waals surface area (Å²) >= 11 is 2.44. The number of hydrogen-bond acceptors (Lipinski definition) is 8. The average Bonchev–Trinajstić information content (AvgIpc) is 3.13.